The van der Waals surface area contributed by atoms with Gasteiger partial charge in [0, 0.05) is 24.7 Å². The zero-order valence-corrected chi connectivity index (χ0v) is 21.9. The van der Waals surface area contributed by atoms with E-state index in [0.717, 1.165) is 32.8 Å². The van der Waals surface area contributed by atoms with Crippen molar-refractivity contribution in [3.05, 3.63) is 65.1 Å². The molecule has 10 heteroatoms. The summed E-state index contributed by atoms with van der Waals surface area (Å²) in [7, 11) is 3.06. The van der Waals surface area contributed by atoms with Crippen molar-refractivity contribution in [1.29, 1.82) is 0 Å². The lowest BCUT2D eigenvalue weighted by Crippen LogP contribution is -3.14. The number of nitrogens with one attached hydrogen (secondary N) is 1. The van der Waals surface area contributed by atoms with Crippen LogP contribution >= 0.6 is 0 Å². The fourth-order valence-electron chi connectivity index (χ4n) is 5.39. The number of aryl methyl sites for hydroxylation is 1. The van der Waals surface area contributed by atoms with Crippen LogP contribution in [0.4, 0.5) is 0 Å². The number of methoxy groups -OCH3 is 2. The predicted molar refractivity (Wildman–Crippen MR) is 137 cm³/mol. The van der Waals surface area contributed by atoms with Crippen molar-refractivity contribution in [2.45, 2.75) is 19.4 Å². The number of rotatable bonds is 8. The number of benzene rings is 1. The molecule has 3 aromatic rings. The van der Waals surface area contributed by atoms with Gasteiger partial charge in [0.1, 0.15) is 18.7 Å². The predicted octanol–water partition coefficient (Wildman–Crippen LogP) is 0.189. The summed E-state index contributed by atoms with van der Waals surface area (Å²) in [6.07, 6.45) is 2.42. The second kappa shape index (κ2) is 10.8. The molecule has 0 saturated carbocycles. The Labute approximate surface area is 221 Å². The molecule has 1 aromatic carbocycles. The highest BCUT2D eigenvalue weighted by Crippen LogP contribution is 2.41. The van der Waals surface area contributed by atoms with Gasteiger partial charge < -0.3 is 33.5 Å². The molecule has 0 radical (unpaired) electrons. The van der Waals surface area contributed by atoms with Crippen LogP contribution in [0.3, 0.4) is 0 Å². The van der Waals surface area contributed by atoms with Crippen LogP contribution in [0, 0.1) is 6.92 Å². The number of hydrogen-bond acceptors (Lipinski definition) is 7. The van der Waals surface area contributed by atoms with E-state index in [-0.39, 0.29) is 11.3 Å². The third-order valence-corrected chi connectivity index (χ3v) is 7.30. The molecule has 1 atom stereocenters. The van der Waals surface area contributed by atoms with Crippen molar-refractivity contribution in [1.82, 2.24) is 14.3 Å². The Balaban J connectivity index is 1.58. The van der Waals surface area contributed by atoms with Crippen LogP contribution in [0.15, 0.2) is 48.2 Å². The van der Waals surface area contributed by atoms with Gasteiger partial charge in [-0.2, -0.15) is 0 Å². The highest BCUT2D eigenvalue weighted by atomic mass is 16.5. The number of likely N-dealkylation sites (tertiary alicyclic amines) is 1. The van der Waals surface area contributed by atoms with E-state index < -0.39 is 23.5 Å². The number of ether oxygens (including phenoxy) is 3. The number of Topliss-reactive ketones (excluding diaryl/α,β-unsaturated/α-hetero) is 1. The second-order valence-corrected chi connectivity index (χ2v) is 9.53. The van der Waals surface area contributed by atoms with Gasteiger partial charge in [-0.15, -0.1) is 0 Å². The number of carbonyl (C=O) groups excluding carboxylic acids is 2. The second-order valence-electron chi connectivity index (χ2n) is 9.53. The van der Waals surface area contributed by atoms with Crippen LogP contribution in [0.2, 0.25) is 0 Å². The minimum atomic E-state index is -0.851. The number of fused-ring (bicyclic) bond motifs is 1. The molecule has 1 unspecified atom stereocenters. The Hall–Kier alpha value is -3.89. The van der Waals surface area contributed by atoms with Gasteiger partial charge in [-0.3, -0.25) is 9.59 Å². The quantitative estimate of drug-likeness (QED) is 0.257. The fourth-order valence-corrected chi connectivity index (χ4v) is 5.39. The third-order valence-electron chi connectivity index (χ3n) is 7.30. The van der Waals surface area contributed by atoms with E-state index in [0.29, 0.717) is 41.4 Å². The maximum absolute atomic E-state index is 14.1. The van der Waals surface area contributed by atoms with Gasteiger partial charge in [0.05, 0.1) is 51.4 Å². The van der Waals surface area contributed by atoms with Crippen LogP contribution in [0.25, 0.3) is 11.4 Å². The molecule has 4 heterocycles. The number of ketones is 1. The summed E-state index contributed by atoms with van der Waals surface area (Å²) in [5, 5.41) is 14.1. The fraction of sp³-hybridized carbons (Fsp3) is 0.393. The van der Waals surface area contributed by atoms with Crippen LogP contribution in [0.5, 0.6) is 11.5 Å². The molecule has 0 aliphatic carbocycles. The first-order chi connectivity index (χ1) is 18.4. The van der Waals surface area contributed by atoms with Gasteiger partial charge in [0.15, 0.2) is 11.5 Å². The van der Waals surface area contributed by atoms with Crippen molar-refractivity contribution in [2.75, 3.05) is 53.6 Å². The topological polar surface area (TPSA) is 110 Å². The normalized spacial score (nSPS) is 19.9. The minimum Gasteiger partial charge on any atom is -0.871 e. The maximum atomic E-state index is 14.1. The van der Waals surface area contributed by atoms with E-state index in [9.17, 15) is 14.7 Å². The first-order valence-electron chi connectivity index (χ1n) is 12.8. The molecule has 2 saturated heterocycles. The van der Waals surface area contributed by atoms with Crippen LogP contribution in [-0.2, 0) is 14.3 Å². The van der Waals surface area contributed by atoms with E-state index in [1.807, 2.05) is 6.07 Å². The van der Waals surface area contributed by atoms with Crippen LogP contribution in [-0.4, -0.2) is 79.6 Å². The SMILES string of the molecule is COc1ccc(C2/C(=C(\[O-])c3c(C)nc4ccccn34)C(=O)C(=O)N2CCC[NH+]2CCOCC2)cc1OC. The third kappa shape index (κ3) is 4.61. The Morgan fingerprint density at radius 1 is 1.13 bits per heavy atom. The Morgan fingerprint density at radius 2 is 1.89 bits per heavy atom. The Kier molecular flexibility index (Phi) is 7.35. The average Bonchev–Trinajstić information content (AvgIpc) is 3.41. The molecule has 1 amide bonds. The summed E-state index contributed by atoms with van der Waals surface area (Å²) in [6, 6.07) is 9.79. The Morgan fingerprint density at radius 3 is 2.63 bits per heavy atom. The first-order valence-corrected chi connectivity index (χ1v) is 12.8. The number of morpholine rings is 1. The van der Waals surface area contributed by atoms with Crippen molar-refractivity contribution in [2.24, 2.45) is 0 Å². The standard InChI is InChI=1S/C28H32N4O6/c1-18-24(31-11-5-4-7-22(31)29-18)26(33)23-25(19-8-9-20(36-2)21(17-19)37-3)32(28(35)27(23)34)12-6-10-30-13-15-38-16-14-30/h4-5,7-9,11,17,25,33H,6,10,12-16H2,1-3H3/b26-23+. The molecule has 38 heavy (non-hydrogen) atoms. The summed E-state index contributed by atoms with van der Waals surface area (Å²) < 4.78 is 18.0. The maximum Gasteiger partial charge on any atom is 0.295 e. The van der Waals surface area contributed by atoms with Crippen molar-refractivity contribution < 1.29 is 33.8 Å². The molecule has 10 nitrogen and oxygen atoms in total. The highest BCUT2D eigenvalue weighted by molar-refractivity contribution is 6.46. The molecule has 0 bridgehead atoms. The number of aromatic nitrogens is 2. The molecule has 2 aliphatic heterocycles. The van der Waals surface area contributed by atoms with Crippen molar-refractivity contribution in [3.63, 3.8) is 0 Å². The summed E-state index contributed by atoms with van der Waals surface area (Å²) in [6.45, 7) is 6.18. The highest BCUT2D eigenvalue weighted by Gasteiger charge is 2.44. The molecule has 2 aliphatic rings. The van der Waals surface area contributed by atoms with E-state index >= 15 is 0 Å². The number of amides is 1. The van der Waals surface area contributed by atoms with E-state index in [1.54, 1.807) is 47.9 Å². The van der Waals surface area contributed by atoms with E-state index in [4.69, 9.17) is 14.2 Å². The molecule has 0 spiro atoms. The first kappa shape index (κ1) is 25.7. The summed E-state index contributed by atoms with van der Waals surface area (Å²) >= 11 is 0. The lowest BCUT2D eigenvalue weighted by molar-refractivity contribution is -0.908. The lowest BCUT2D eigenvalue weighted by atomic mass is 9.95. The van der Waals surface area contributed by atoms with Crippen molar-refractivity contribution in [3.8, 4) is 11.5 Å². The summed E-state index contributed by atoms with van der Waals surface area (Å²) in [4.78, 5) is 34.3. The lowest BCUT2D eigenvalue weighted by Gasteiger charge is -2.29. The van der Waals surface area contributed by atoms with Crippen LogP contribution < -0.4 is 19.5 Å². The monoisotopic (exact) mass is 520 g/mol. The number of nitrogens with zero attached hydrogens (tertiary/aromatic N) is 3. The van der Waals surface area contributed by atoms with Gasteiger partial charge >= 0.3 is 0 Å². The average molecular weight is 521 g/mol. The number of imidazole rings is 1. The molecule has 200 valence electrons. The minimum absolute atomic E-state index is 0.0744. The molecular formula is C28H32N4O6. The molecule has 5 rings (SSSR count). The van der Waals surface area contributed by atoms with Gasteiger partial charge in [-0.1, -0.05) is 17.9 Å². The van der Waals surface area contributed by atoms with Crippen LogP contribution in [0.1, 0.15) is 29.4 Å². The molecule has 2 aromatic heterocycles. The van der Waals surface area contributed by atoms with Gasteiger partial charge in [0.25, 0.3) is 5.91 Å². The zero-order valence-electron chi connectivity index (χ0n) is 21.9. The largest absolute Gasteiger partial charge is 0.871 e. The number of hydrogen-bond donors (Lipinski definition) is 1. The van der Waals surface area contributed by atoms with Crippen molar-refractivity contribution >= 4 is 23.1 Å². The van der Waals surface area contributed by atoms with Gasteiger partial charge in [-0.25, -0.2) is 4.98 Å². The Bertz CT molecular complexity index is 1390. The van der Waals surface area contributed by atoms with E-state index in [1.165, 1.54) is 24.0 Å². The van der Waals surface area contributed by atoms with E-state index in [2.05, 4.69) is 4.98 Å². The number of pyridine rings is 1. The molecular weight excluding hydrogens is 488 g/mol. The van der Waals surface area contributed by atoms with Gasteiger partial charge in [-0.05, 0) is 36.8 Å². The zero-order chi connectivity index (χ0) is 26.8. The molecule has 1 N–H and O–H groups in total. The smallest absolute Gasteiger partial charge is 0.295 e. The molecule has 2 fully saturated rings. The summed E-state index contributed by atoms with van der Waals surface area (Å²) in [5.74, 6) is -0.983. The summed E-state index contributed by atoms with van der Waals surface area (Å²) in [5.41, 5.74) is 1.90. The number of carbonyl (C=O) groups is 2. The van der Waals surface area contributed by atoms with Gasteiger partial charge in [0.2, 0.25) is 5.78 Å². The number of quaternary nitrogens is 1.